The van der Waals surface area contributed by atoms with Crippen molar-refractivity contribution in [1.29, 1.82) is 0 Å². The Morgan fingerprint density at radius 2 is 0.750 bits per heavy atom. The first kappa shape index (κ1) is 48.9. The van der Waals surface area contributed by atoms with E-state index in [1.54, 1.807) is 0 Å². The number of rotatable bonds is 0. The van der Waals surface area contributed by atoms with Gasteiger partial charge in [0.05, 0.1) is 0 Å². The van der Waals surface area contributed by atoms with E-state index >= 15 is 0 Å². The van der Waals surface area contributed by atoms with Crippen LogP contribution in [0.2, 0.25) is 0 Å². The third-order valence-electron chi connectivity index (χ3n) is 0. The van der Waals surface area contributed by atoms with E-state index in [1.807, 2.05) is 0 Å². The Labute approximate surface area is 51.7 Å². The zero-order chi connectivity index (χ0) is 0. The van der Waals surface area contributed by atoms with E-state index in [2.05, 4.69) is 0 Å². The van der Waals surface area contributed by atoms with Crippen molar-refractivity contribution in [3.8, 4) is 0 Å². The Morgan fingerprint density at radius 1 is 0.750 bits per heavy atom. The van der Waals surface area contributed by atoms with Gasteiger partial charge in [-0.15, -0.1) is 0 Å². The quantitative estimate of drug-likeness (QED) is 0.311. The summed E-state index contributed by atoms with van der Waals surface area (Å²) in [6.07, 6.45) is 0. The van der Waals surface area contributed by atoms with Crippen LogP contribution < -0.4 is 24.8 Å². The Bertz CT molecular complexity index is 6.00. The minimum absolute atomic E-state index is 0. The van der Waals surface area contributed by atoms with Crippen LogP contribution in [0.4, 0.5) is 0 Å². The number of hydrogen-bond acceptors (Lipinski definition) is 0. The zero-order valence-corrected chi connectivity index (χ0v) is 4.98. The van der Waals surface area contributed by atoms with Crippen LogP contribution in [-0.2, 0) is 16.8 Å². The first-order valence-corrected chi connectivity index (χ1v) is 0. The molecule has 0 aliphatic heterocycles. The standard InChI is InChI=1S/2ClH.Co.P/h2*1H;;/q;;+2;/p-2. The summed E-state index contributed by atoms with van der Waals surface area (Å²) in [6.45, 7) is 0. The summed E-state index contributed by atoms with van der Waals surface area (Å²) < 4.78 is 0. The molecule has 4 radical (unpaired) electrons. The van der Waals surface area contributed by atoms with E-state index in [0.29, 0.717) is 0 Å². The Morgan fingerprint density at radius 3 is 0.750 bits per heavy atom. The fourth-order valence-corrected chi connectivity index (χ4v) is 0. The molecule has 0 saturated carbocycles. The summed E-state index contributed by atoms with van der Waals surface area (Å²) in [6, 6.07) is 0. The molecular weight excluding hydrogens is 161 g/mol. The Hall–Kier alpha value is 1.52. The van der Waals surface area contributed by atoms with Crippen LogP contribution in [0.25, 0.3) is 0 Å². The van der Waals surface area contributed by atoms with Crippen molar-refractivity contribution >= 4 is 9.90 Å². The molecule has 0 aromatic carbocycles. The molecule has 0 aliphatic rings. The molecule has 0 bridgehead atoms. The first-order chi connectivity index (χ1) is 0. The van der Waals surface area contributed by atoms with Gasteiger partial charge in [0.1, 0.15) is 0 Å². The van der Waals surface area contributed by atoms with Gasteiger partial charge in [-0.25, -0.2) is 0 Å². The maximum Gasteiger partial charge on any atom is 2.00 e. The molecule has 0 atom stereocenters. The van der Waals surface area contributed by atoms with Crippen LogP contribution in [0.3, 0.4) is 0 Å². The van der Waals surface area contributed by atoms with E-state index in [4.69, 9.17) is 0 Å². The van der Waals surface area contributed by atoms with Gasteiger partial charge in [-0.2, -0.15) is 0 Å². The van der Waals surface area contributed by atoms with E-state index < -0.39 is 0 Å². The second kappa shape index (κ2) is 24.3. The van der Waals surface area contributed by atoms with Gasteiger partial charge in [-0.1, -0.05) is 0 Å². The van der Waals surface area contributed by atoms with Crippen molar-refractivity contribution in [2.75, 3.05) is 0 Å². The van der Waals surface area contributed by atoms with Gasteiger partial charge in [-0.05, 0) is 0 Å². The second-order valence-electron chi connectivity index (χ2n) is 0. The Kier molecular flexibility index (Phi) is 297. The van der Waals surface area contributed by atoms with Crippen LogP contribution in [0.1, 0.15) is 0 Å². The molecule has 0 amide bonds. The fourth-order valence-electron chi connectivity index (χ4n) is 0. The summed E-state index contributed by atoms with van der Waals surface area (Å²) in [4.78, 5) is 0. The smallest absolute Gasteiger partial charge is 1.00 e. The monoisotopic (exact) mass is 160 g/mol. The van der Waals surface area contributed by atoms with Gasteiger partial charge in [-0.3, -0.25) is 0 Å². The third kappa shape index (κ3) is 9.68. The van der Waals surface area contributed by atoms with E-state index in [9.17, 15) is 0 Å². The molecule has 0 aromatic heterocycles. The van der Waals surface area contributed by atoms with Crippen LogP contribution in [-0.4, -0.2) is 0 Å². The van der Waals surface area contributed by atoms with Gasteiger partial charge in [0.25, 0.3) is 0 Å². The molecule has 28 valence electrons. The summed E-state index contributed by atoms with van der Waals surface area (Å²) in [5.41, 5.74) is 0. The normalized spacial score (nSPS) is 0. The van der Waals surface area contributed by atoms with Gasteiger partial charge in [0, 0.05) is 9.90 Å². The average Bonchev–Trinajstić information content (AvgIpc) is 0. The van der Waals surface area contributed by atoms with Gasteiger partial charge in [0.2, 0.25) is 0 Å². The SMILES string of the molecule is [Cl-].[Cl-].[Co+2].[P]. The third-order valence-corrected chi connectivity index (χ3v) is 0. The Balaban J connectivity index is 0. The molecule has 4 heteroatoms. The molecule has 0 nitrogen and oxygen atoms in total. The van der Waals surface area contributed by atoms with Crippen LogP contribution >= 0.6 is 9.90 Å². The maximum absolute atomic E-state index is 0. The number of hydrogen-bond donors (Lipinski definition) is 0. The van der Waals surface area contributed by atoms with Crippen molar-refractivity contribution in [3.63, 3.8) is 0 Å². The van der Waals surface area contributed by atoms with Crippen LogP contribution in [0.5, 0.6) is 0 Å². The molecule has 0 rings (SSSR count). The summed E-state index contributed by atoms with van der Waals surface area (Å²) in [5.74, 6) is 0. The maximum atomic E-state index is 0. The van der Waals surface area contributed by atoms with E-state index in [1.165, 1.54) is 0 Å². The van der Waals surface area contributed by atoms with Crippen molar-refractivity contribution < 1.29 is 41.6 Å². The first-order valence-electron chi connectivity index (χ1n) is 0. The van der Waals surface area contributed by atoms with E-state index in [0.717, 1.165) is 0 Å². The molecule has 0 fully saturated rings. The molecule has 0 heterocycles. The predicted molar refractivity (Wildman–Crippen MR) is 6.92 cm³/mol. The molecule has 4 heavy (non-hydrogen) atoms. The molecule has 0 unspecified atom stereocenters. The molecule has 0 aliphatic carbocycles. The largest absolute Gasteiger partial charge is 2.00 e. The van der Waals surface area contributed by atoms with Crippen molar-refractivity contribution in [2.45, 2.75) is 0 Å². The van der Waals surface area contributed by atoms with Crippen molar-refractivity contribution in [1.82, 2.24) is 0 Å². The molecule has 0 saturated heterocycles. The molecule has 0 N–H and O–H groups in total. The second-order valence-corrected chi connectivity index (χ2v) is 0. The molecule has 0 aromatic rings. The van der Waals surface area contributed by atoms with Crippen molar-refractivity contribution in [2.24, 2.45) is 0 Å². The summed E-state index contributed by atoms with van der Waals surface area (Å²) >= 11 is 0. The van der Waals surface area contributed by atoms with Crippen LogP contribution in [0, 0.1) is 0 Å². The molecular formula is Cl2CoP. The van der Waals surface area contributed by atoms with Gasteiger partial charge in [0.15, 0.2) is 0 Å². The summed E-state index contributed by atoms with van der Waals surface area (Å²) in [5, 5.41) is 0. The van der Waals surface area contributed by atoms with E-state index in [-0.39, 0.29) is 51.5 Å². The molecule has 0 spiro atoms. The van der Waals surface area contributed by atoms with Crippen LogP contribution in [0.15, 0.2) is 0 Å². The minimum Gasteiger partial charge on any atom is -1.00 e. The fraction of sp³-hybridized carbons (Fsp3) is 0. The summed E-state index contributed by atoms with van der Waals surface area (Å²) in [7, 11) is 0. The van der Waals surface area contributed by atoms with Crippen molar-refractivity contribution in [3.05, 3.63) is 0 Å². The number of halogens is 2. The minimum atomic E-state index is 0. The predicted octanol–water partition coefficient (Wildman–Crippen LogP) is -5.13. The zero-order valence-electron chi connectivity index (χ0n) is 1.54. The average molecular weight is 161 g/mol. The topological polar surface area (TPSA) is 0 Å². The van der Waals surface area contributed by atoms with Gasteiger partial charge < -0.3 is 24.8 Å². The van der Waals surface area contributed by atoms with Gasteiger partial charge >= 0.3 is 16.8 Å².